The summed E-state index contributed by atoms with van der Waals surface area (Å²) in [6, 6.07) is 13.0. The second-order valence-corrected chi connectivity index (χ2v) is 5.31. The summed E-state index contributed by atoms with van der Waals surface area (Å²) >= 11 is 0. The van der Waals surface area contributed by atoms with Crippen LogP contribution in [0.3, 0.4) is 0 Å². The number of carbonyl (C=O) groups excluding carboxylic acids is 1. The van der Waals surface area contributed by atoms with Gasteiger partial charge in [0.2, 0.25) is 0 Å². The minimum absolute atomic E-state index is 0.0719. The van der Waals surface area contributed by atoms with Crippen molar-refractivity contribution < 1.29 is 13.9 Å². The highest BCUT2D eigenvalue weighted by Crippen LogP contribution is 2.14. The van der Waals surface area contributed by atoms with Crippen molar-refractivity contribution >= 4 is 11.6 Å². The van der Waals surface area contributed by atoms with Crippen LogP contribution in [0.25, 0.3) is 0 Å². The third-order valence-corrected chi connectivity index (χ3v) is 3.08. The molecule has 0 bridgehead atoms. The maximum Gasteiger partial charge on any atom is 0.271 e. The molecule has 0 aromatic heterocycles. The van der Waals surface area contributed by atoms with Crippen LogP contribution >= 0.6 is 0 Å². The highest BCUT2D eigenvalue weighted by atomic mass is 19.1. The van der Waals surface area contributed by atoms with Crippen molar-refractivity contribution in [2.75, 3.05) is 0 Å². The largest absolute Gasteiger partial charge is 0.491 e. The summed E-state index contributed by atoms with van der Waals surface area (Å²) in [5.41, 5.74) is 3.63. The van der Waals surface area contributed by atoms with Crippen LogP contribution in [0.15, 0.2) is 53.6 Å². The van der Waals surface area contributed by atoms with Crippen LogP contribution < -0.4 is 10.2 Å². The number of rotatable bonds is 5. The first-order valence-electron chi connectivity index (χ1n) is 7.33. The van der Waals surface area contributed by atoms with Gasteiger partial charge in [0.1, 0.15) is 11.6 Å². The van der Waals surface area contributed by atoms with E-state index in [1.54, 1.807) is 49.4 Å². The van der Waals surface area contributed by atoms with E-state index in [1.807, 2.05) is 13.8 Å². The summed E-state index contributed by atoms with van der Waals surface area (Å²) in [4.78, 5) is 12.0. The third-order valence-electron chi connectivity index (χ3n) is 3.08. The van der Waals surface area contributed by atoms with Crippen LogP contribution in [-0.2, 0) is 0 Å². The van der Waals surface area contributed by atoms with Crippen LogP contribution in [0.2, 0.25) is 0 Å². The molecule has 0 aliphatic carbocycles. The third kappa shape index (κ3) is 4.64. The van der Waals surface area contributed by atoms with Gasteiger partial charge >= 0.3 is 0 Å². The van der Waals surface area contributed by atoms with Gasteiger partial charge in [0.05, 0.1) is 11.8 Å². The zero-order chi connectivity index (χ0) is 16.8. The molecule has 0 heterocycles. The summed E-state index contributed by atoms with van der Waals surface area (Å²) < 4.78 is 19.1. The maximum absolute atomic E-state index is 13.6. The van der Waals surface area contributed by atoms with E-state index in [9.17, 15) is 9.18 Å². The molecule has 2 aromatic rings. The van der Waals surface area contributed by atoms with E-state index in [2.05, 4.69) is 10.5 Å². The Labute approximate surface area is 135 Å². The molecule has 0 spiro atoms. The SMILES string of the molecule is C/C(=N/NC(=O)c1ccc(OC(C)C)cc1)c1ccccc1F. The Bertz CT molecular complexity index is 709. The second-order valence-electron chi connectivity index (χ2n) is 5.31. The average molecular weight is 314 g/mol. The monoisotopic (exact) mass is 314 g/mol. The Morgan fingerprint density at radius 3 is 2.39 bits per heavy atom. The highest BCUT2D eigenvalue weighted by Gasteiger charge is 2.07. The molecule has 0 saturated heterocycles. The van der Waals surface area contributed by atoms with Gasteiger partial charge in [0, 0.05) is 11.1 Å². The van der Waals surface area contributed by atoms with E-state index in [0.717, 1.165) is 0 Å². The lowest BCUT2D eigenvalue weighted by Crippen LogP contribution is -2.19. The number of hydrogen-bond acceptors (Lipinski definition) is 3. The fraction of sp³-hybridized carbons (Fsp3) is 0.222. The second kappa shape index (κ2) is 7.54. The molecule has 23 heavy (non-hydrogen) atoms. The summed E-state index contributed by atoms with van der Waals surface area (Å²) in [7, 11) is 0. The Hall–Kier alpha value is -2.69. The van der Waals surface area contributed by atoms with Crippen LogP contribution in [0.5, 0.6) is 5.75 Å². The van der Waals surface area contributed by atoms with Crippen LogP contribution in [-0.4, -0.2) is 17.7 Å². The van der Waals surface area contributed by atoms with Gasteiger partial charge in [0.15, 0.2) is 0 Å². The standard InChI is InChI=1S/C18H19FN2O2/c1-12(2)23-15-10-8-14(9-11-15)18(22)21-20-13(3)16-6-4-5-7-17(16)19/h4-12H,1-3H3,(H,21,22)/b20-13-. The molecule has 0 atom stereocenters. The Balaban J connectivity index is 2.04. The number of benzene rings is 2. The summed E-state index contributed by atoms with van der Waals surface area (Å²) in [5.74, 6) is -0.0439. The first kappa shape index (κ1) is 16.7. The quantitative estimate of drug-likeness (QED) is 0.674. The van der Waals surface area contributed by atoms with Gasteiger partial charge in [-0.15, -0.1) is 0 Å². The summed E-state index contributed by atoms with van der Waals surface area (Å²) in [5, 5.41) is 3.95. The van der Waals surface area contributed by atoms with Crippen molar-refractivity contribution in [1.82, 2.24) is 5.43 Å². The Morgan fingerprint density at radius 1 is 1.13 bits per heavy atom. The van der Waals surface area contributed by atoms with E-state index in [1.165, 1.54) is 6.07 Å². The number of ether oxygens (including phenoxy) is 1. The maximum atomic E-state index is 13.6. The van der Waals surface area contributed by atoms with Gasteiger partial charge in [-0.1, -0.05) is 18.2 Å². The molecule has 4 nitrogen and oxygen atoms in total. The molecule has 5 heteroatoms. The van der Waals surface area contributed by atoms with Crippen molar-refractivity contribution in [2.24, 2.45) is 5.10 Å². The number of hydrazone groups is 1. The first-order chi connectivity index (χ1) is 11.0. The van der Waals surface area contributed by atoms with E-state index in [-0.39, 0.29) is 17.8 Å². The molecular weight excluding hydrogens is 295 g/mol. The lowest BCUT2D eigenvalue weighted by Gasteiger charge is -2.09. The number of hydrogen-bond donors (Lipinski definition) is 1. The lowest BCUT2D eigenvalue weighted by molar-refractivity contribution is 0.0955. The smallest absolute Gasteiger partial charge is 0.271 e. The van der Waals surface area contributed by atoms with Crippen molar-refractivity contribution in [3.05, 3.63) is 65.5 Å². The van der Waals surface area contributed by atoms with Crippen molar-refractivity contribution in [3.63, 3.8) is 0 Å². The van der Waals surface area contributed by atoms with E-state index >= 15 is 0 Å². The predicted octanol–water partition coefficient (Wildman–Crippen LogP) is 3.77. The molecule has 0 saturated carbocycles. The Morgan fingerprint density at radius 2 is 1.78 bits per heavy atom. The van der Waals surface area contributed by atoms with Gasteiger partial charge < -0.3 is 4.74 Å². The van der Waals surface area contributed by atoms with E-state index in [0.29, 0.717) is 22.6 Å². The summed E-state index contributed by atoms with van der Waals surface area (Å²) in [6.07, 6.45) is 0.0719. The van der Waals surface area contributed by atoms with Crippen molar-refractivity contribution in [3.8, 4) is 5.75 Å². The zero-order valence-corrected chi connectivity index (χ0v) is 13.3. The van der Waals surface area contributed by atoms with Crippen LogP contribution in [0.1, 0.15) is 36.7 Å². The van der Waals surface area contributed by atoms with Gasteiger partial charge in [-0.2, -0.15) is 5.10 Å². The van der Waals surface area contributed by atoms with Gasteiger partial charge in [-0.05, 0) is 51.1 Å². The lowest BCUT2D eigenvalue weighted by atomic mass is 10.1. The van der Waals surface area contributed by atoms with E-state index in [4.69, 9.17) is 4.74 Å². The topological polar surface area (TPSA) is 50.7 Å². The molecule has 1 amide bonds. The average Bonchev–Trinajstić information content (AvgIpc) is 2.53. The van der Waals surface area contributed by atoms with Gasteiger partial charge in [0.25, 0.3) is 5.91 Å². The molecular formula is C18H19FN2O2. The molecule has 2 aromatic carbocycles. The number of nitrogens with one attached hydrogen (secondary N) is 1. The normalized spacial score (nSPS) is 11.4. The molecule has 0 aliphatic heterocycles. The highest BCUT2D eigenvalue weighted by molar-refractivity contribution is 6.01. The fourth-order valence-electron chi connectivity index (χ4n) is 1.97. The molecule has 0 aliphatic rings. The Kier molecular flexibility index (Phi) is 5.46. The number of carbonyl (C=O) groups is 1. The predicted molar refractivity (Wildman–Crippen MR) is 88.3 cm³/mol. The van der Waals surface area contributed by atoms with Gasteiger partial charge in [-0.25, -0.2) is 9.82 Å². The zero-order valence-electron chi connectivity index (χ0n) is 13.3. The van der Waals surface area contributed by atoms with Gasteiger partial charge in [-0.3, -0.25) is 4.79 Å². The van der Waals surface area contributed by atoms with Crippen molar-refractivity contribution in [1.29, 1.82) is 0 Å². The minimum Gasteiger partial charge on any atom is -0.491 e. The molecule has 2 rings (SSSR count). The van der Waals surface area contributed by atoms with E-state index < -0.39 is 0 Å². The van der Waals surface area contributed by atoms with Crippen molar-refractivity contribution in [2.45, 2.75) is 26.9 Å². The summed E-state index contributed by atoms with van der Waals surface area (Å²) in [6.45, 7) is 5.50. The molecule has 120 valence electrons. The number of amides is 1. The number of nitrogens with zero attached hydrogens (tertiary/aromatic N) is 1. The first-order valence-corrected chi connectivity index (χ1v) is 7.33. The number of halogens is 1. The fourth-order valence-corrected chi connectivity index (χ4v) is 1.97. The van der Waals surface area contributed by atoms with Crippen LogP contribution in [0.4, 0.5) is 4.39 Å². The molecule has 1 N–H and O–H groups in total. The molecule has 0 fully saturated rings. The minimum atomic E-state index is -0.377. The molecule has 0 radical (unpaired) electrons. The van der Waals surface area contributed by atoms with Crippen LogP contribution in [0, 0.1) is 5.82 Å². The molecule has 0 unspecified atom stereocenters.